The second kappa shape index (κ2) is 9.86. The molecule has 1 atom stereocenters. The van der Waals surface area contributed by atoms with Gasteiger partial charge in [0.1, 0.15) is 0 Å². The van der Waals surface area contributed by atoms with Gasteiger partial charge in [0.2, 0.25) is 11.9 Å². The van der Waals surface area contributed by atoms with Gasteiger partial charge in [-0.3, -0.25) is 14.4 Å². The number of benzene rings is 2. The van der Waals surface area contributed by atoms with Gasteiger partial charge in [-0.25, -0.2) is 9.97 Å². The van der Waals surface area contributed by atoms with Crippen molar-refractivity contribution in [3.8, 4) is 0 Å². The van der Waals surface area contributed by atoms with Gasteiger partial charge in [0.05, 0.1) is 5.52 Å². The Balaban J connectivity index is 1.40. The molecule has 9 heteroatoms. The minimum atomic E-state index is -0.0826. The van der Waals surface area contributed by atoms with Crippen LogP contribution in [0.15, 0.2) is 48.7 Å². The van der Waals surface area contributed by atoms with E-state index in [-0.39, 0.29) is 23.8 Å². The maximum Gasteiger partial charge on any atom is 0.253 e. The summed E-state index contributed by atoms with van der Waals surface area (Å²) in [5.74, 6) is 0.269. The Hall–Kier alpha value is -4.01. The Kier molecular flexibility index (Phi) is 6.72. The van der Waals surface area contributed by atoms with E-state index in [2.05, 4.69) is 20.6 Å². The molecule has 0 saturated carbocycles. The van der Waals surface area contributed by atoms with Crippen LogP contribution in [0.1, 0.15) is 40.5 Å². The molecule has 34 heavy (non-hydrogen) atoms. The lowest BCUT2D eigenvalue weighted by Crippen LogP contribution is -2.31. The Morgan fingerprint density at radius 3 is 2.53 bits per heavy atom. The van der Waals surface area contributed by atoms with Gasteiger partial charge in [-0.05, 0) is 42.8 Å². The van der Waals surface area contributed by atoms with E-state index in [0.717, 1.165) is 11.8 Å². The third-order valence-corrected chi connectivity index (χ3v) is 5.78. The molecule has 9 nitrogen and oxygen atoms in total. The van der Waals surface area contributed by atoms with Gasteiger partial charge in [-0.2, -0.15) is 0 Å². The molecule has 1 aliphatic heterocycles. The number of amides is 3. The predicted molar refractivity (Wildman–Crippen MR) is 131 cm³/mol. The van der Waals surface area contributed by atoms with Gasteiger partial charge >= 0.3 is 0 Å². The van der Waals surface area contributed by atoms with Crippen molar-refractivity contribution in [2.75, 3.05) is 37.8 Å². The zero-order valence-electron chi connectivity index (χ0n) is 19.5. The summed E-state index contributed by atoms with van der Waals surface area (Å²) in [6.07, 6.45) is 2.90. The fourth-order valence-electron chi connectivity index (χ4n) is 3.86. The third kappa shape index (κ3) is 5.14. The van der Waals surface area contributed by atoms with Crippen LogP contribution in [-0.2, 0) is 4.79 Å². The maximum atomic E-state index is 12.9. The standard InChI is InChI=1S/C25H28N6O3/c1-4-22(32)27-19-9-7-16(8-10-19)24(34)31-12-11-20(15-31)28-25-26-14-18-6-5-17(13-21(18)29-25)23(33)30(2)3/h5-10,13-14,20H,4,11-12,15H2,1-3H3,(H,27,32)(H,26,28,29)/t20-/m1/s1. The SMILES string of the molecule is CCC(=O)Nc1ccc(C(=O)N2CC[C@@H](Nc3ncc4ccc(C(=O)N(C)C)cc4n3)C2)cc1. The highest BCUT2D eigenvalue weighted by Gasteiger charge is 2.27. The Bertz CT molecular complexity index is 1230. The number of aromatic nitrogens is 2. The van der Waals surface area contributed by atoms with Crippen LogP contribution < -0.4 is 10.6 Å². The van der Waals surface area contributed by atoms with Crippen LogP contribution in [0.2, 0.25) is 0 Å². The first-order valence-corrected chi connectivity index (χ1v) is 11.3. The van der Waals surface area contributed by atoms with E-state index in [0.29, 0.717) is 47.8 Å². The number of carbonyl (C=O) groups is 3. The van der Waals surface area contributed by atoms with E-state index in [9.17, 15) is 14.4 Å². The molecule has 2 heterocycles. The first-order valence-electron chi connectivity index (χ1n) is 11.3. The molecule has 0 bridgehead atoms. The second-order valence-electron chi connectivity index (χ2n) is 8.53. The van der Waals surface area contributed by atoms with Crippen molar-refractivity contribution in [1.29, 1.82) is 0 Å². The van der Waals surface area contributed by atoms with Gasteiger partial charge in [0.15, 0.2) is 0 Å². The lowest BCUT2D eigenvalue weighted by molar-refractivity contribution is -0.115. The summed E-state index contributed by atoms with van der Waals surface area (Å²) in [4.78, 5) is 49.0. The number of hydrogen-bond donors (Lipinski definition) is 2. The van der Waals surface area contributed by atoms with Crippen molar-refractivity contribution in [2.24, 2.45) is 0 Å². The van der Waals surface area contributed by atoms with Crippen molar-refractivity contribution in [3.05, 3.63) is 59.8 Å². The van der Waals surface area contributed by atoms with Gasteiger partial charge in [0.25, 0.3) is 11.8 Å². The molecule has 0 unspecified atom stereocenters. The minimum Gasteiger partial charge on any atom is -0.350 e. The molecule has 3 amide bonds. The van der Waals surface area contributed by atoms with Crippen molar-refractivity contribution >= 4 is 40.3 Å². The summed E-state index contributed by atoms with van der Waals surface area (Å²) in [6.45, 7) is 2.95. The number of likely N-dealkylation sites (tertiary alicyclic amines) is 1. The molecule has 3 aromatic rings. The molecule has 2 aromatic carbocycles. The van der Waals surface area contributed by atoms with Crippen LogP contribution >= 0.6 is 0 Å². The van der Waals surface area contributed by atoms with E-state index >= 15 is 0 Å². The first-order chi connectivity index (χ1) is 16.3. The van der Waals surface area contributed by atoms with Crippen LogP contribution in [-0.4, -0.2) is 70.7 Å². The average molecular weight is 461 g/mol. The van der Waals surface area contributed by atoms with Crippen LogP contribution in [0.5, 0.6) is 0 Å². The topological polar surface area (TPSA) is 108 Å². The monoisotopic (exact) mass is 460 g/mol. The number of fused-ring (bicyclic) bond motifs is 1. The molecular formula is C25H28N6O3. The van der Waals surface area contributed by atoms with Crippen molar-refractivity contribution in [3.63, 3.8) is 0 Å². The largest absolute Gasteiger partial charge is 0.350 e. The Morgan fingerprint density at radius 2 is 1.82 bits per heavy atom. The number of anilines is 2. The number of nitrogens with zero attached hydrogens (tertiary/aromatic N) is 4. The van der Waals surface area contributed by atoms with Crippen molar-refractivity contribution in [2.45, 2.75) is 25.8 Å². The fraction of sp³-hybridized carbons (Fsp3) is 0.320. The van der Waals surface area contributed by atoms with Crippen LogP contribution in [0.25, 0.3) is 10.9 Å². The summed E-state index contributed by atoms with van der Waals surface area (Å²) in [7, 11) is 3.43. The van der Waals surface area contributed by atoms with Gasteiger partial charge < -0.3 is 20.4 Å². The highest BCUT2D eigenvalue weighted by molar-refractivity contribution is 5.98. The molecule has 1 aliphatic rings. The summed E-state index contributed by atoms with van der Waals surface area (Å²) in [5.41, 5.74) is 2.51. The molecule has 176 valence electrons. The quantitative estimate of drug-likeness (QED) is 0.586. The Morgan fingerprint density at radius 1 is 1.09 bits per heavy atom. The van der Waals surface area contributed by atoms with E-state index in [1.165, 1.54) is 4.90 Å². The third-order valence-electron chi connectivity index (χ3n) is 5.78. The van der Waals surface area contributed by atoms with Gasteiger partial charge in [-0.1, -0.05) is 13.0 Å². The lowest BCUT2D eigenvalue weighted by atomic mass is 10.1. The average Bonchev–Trinajstić information content (AvgIpc) is 3.31. The van der Waals surface area contributed by atoms with Crippen LogP contribution in [0, 0.1) is 0 Å². The molecular weight excluding hydrogens is 432 g/mol. The molecule has 0 radical (unpaired) electrons. The molecule has 1 saturated heterocycles. The van der Waals surface area contributed by atoms with Crippen molar-refractivity contribution in [1.82, 2.24) is 19.8 Å². The van der Waals surface area contributed by atoms with Crippen molar-refractivity contribution < 1.29 is 14.4 Å². The van der Waals surface area contributed by atoms with Crippen LogP contribution in [0.4, 0.5) is 11.6 Å². The smallest absolute Gasteiger partial charge is 0.253 e. The second-order valence-corrected chi connectivity index (χ2v) is 8.53. The summed E-state index contributed by atoms with van der Waals surface area (Å²) < 4.78 is 0. The van der Waals surface area contributed by atoms with Gasteiger partial charge in [0, 0.05) is 68.0 Å². The molecule has 1 aromatic heterocycles. The molecule has 0 spiro atoms. The zero-order valence-corrected chi connectivity index (χ0v) is 19.5. The van der Waals surface area contributed by atoms with E-state index < -0.39 is 0 Å². The summed E-state index contributed by atoms with van der Waals surface area (Å²) >= 11 is 0. The molecule has 4 rings (SSSR count). The van der Waals surface area contributed by atoms with E-state index in [1.807, 2.05) is 6.07 Å². The summed E-state index contributed by atoms with van der Waals surface area (Å²) in [5, 5.41) is 6.95. The lowest BCUT2D eigenvalue weighted by Gasteiger charge is -2.17. The maximum absolute atomic E-state index is 12.9. The summed E-state index contributed by atoms with van der Waals surface area (Å²) in [6, 6.07) is 12.3. The van der Waals surface area contributed by atoms with E-state index in [1.54, 1.807) is 68.5 Å². The van der Waals surface area contributed by atoms with Gasteiger partial charge in [-0.15, -0.1) is 0 Å². The highest BCUT2D eigenvalue weighted by Crippen LogP contribution is 2.20. The number of nitrogens with one attached hydrogen (secondary N) is 2. The highest BCUT2D eigenvalue weighted by atomic mass is 16.2. The number of hydrogen-bond acceptors (Lipinski definition) is 6. The molecule has 1 fully saturated rings. The zero-order chi connectivity index (χ0) is 24.2. The molecule has 2 N–H and O–H groups in total. The minimum absolute atomic E-state index is 0.0242. The normalized spacial score (nSPS) is 15.3. The number of carbonyl (C=O) groups excluding carboxylic acids is 3. The number of rotatable bonds is 6. The molecule has 0 aliphatic carbocycles. The van der Waals surface area contributed by atoms with Crippen LogP contribution in [0.3, 0.4) is 0 Å². The fourth-order valence-corrected chi connectivity index (χ4v) is 3.86. The Labute approximate surface area is 198 Å². The first kappa shape index (κ1) is 23.2. The predicted octanol–water partition coefficient (Wildman–Crippen LogP) is 3.01. The van der Waals surface area contributed by atoms with E-state index in [4.69, 9.17) is 0 Å².